The zero-order valence-corrected chi connectivity index (χ0v) is 23.6. The zero-order valence-electron chi connectivity index (χ0n) is 20.2. The summed E-state index contributed by atoms with van der Waals surface area (Å²) < 4.78 is 2.12. The van der Waals surface area contributed by atoms with Crippen molar-refractivity contribution in [2.24, 2.45) is 0 Å². The zero-order chi connectivity index (χ0) is 23.3. The van der Waals surface area contributed by atoms with Crippen LogP contribution >= 0.6 is 0 Å². The molecule has 33 heavy (non-hydrogen) atoms. The van der Waals surface area contributed by atoms with E-state index < -0.39 is 0 Å². The van der Waals surface area contributed by atoms with Gasteiger partial charge in [-0.25, -0.2) is 0 Å². The second-order valence-corrected chi connectivity index (χ2v) is 13.0. The van der Waals surface area contributed by atoms with Crippen molar-refractivity contribution in [3.05, 3.63) is 43.0 Å². The standard InChI is InChI=1S/C28H39NO2Se2/c1-2-3-4-5-6-7-8-9-10-11-12-13-14-15-20-29-27(30)25(23-18-16-21-32-23)26(28(29)31)24-19-17-22-33-24/h16-19,21-22H,2-15,20H2,1H3. The van der Waals surface area contributed by atoms with Gasteiger partial charge in [-0.1, -0.05) is 51.9 Å². The van der Waals surface area contributed by atoms with Crippen LogP contribution in [0.2, 0.25) is 0 Å². The Morgan fingerprint density at radius 2 is 1.00 bits per heavy atom. The van der Waals surface area contributed by atoms with E-state index in [2.05, 4.69) is 16.8 Å². The van der Waals surface area contributed by atoms with E-state index >= 15 is 0 Å². The van der Waals surface area contributed by atoms with Gasteiger partial charge in [0.25, 0.3) is 0 Å². The monoisotopic (exact) mass is 581 g/mol. The number of imide groups is 1. The molecule has 0 aromatic carbocycles. The van der Waals surface area contributed by atoms with Gasteiger partial charge < -0.3 is 0 Å². The van der Waals surface area contributed by atoms with Gasteiger partial charge in [-0.2, -0.15) is 0 Å². The van der Waals surface area contributed by atoms with Crippen LogP contribution in [0.3, 0.4) is 0 Å². The van der Waals surface area contributed by atoms with Crippen molar-refractivity contribution >= 4 is 52.0 Å². The van der Waals surface area contributed by atoms with Crippen molar-refractivity contribution in [1.29, 1.82) is 0 Å². The predicted octanol–water partition coefficient (Wildman–Crippen LogP) is 6.56. The summed E-state index contributed by atoms with van der Waals surface area (Å²) in [5.74, 6) is -0.129. The molecule has 0 saturated carbocycles. The first-order valence-electron chi connectivity index (χ1n) is 12.9. The number of hydrogen-bond acceptors (Lipinski definition) is 2. The van der Waals surface area contributed by atoms with Gasteiger partial charge in [-0.05, 0) is 0 Å². The van der Waals surface area contributed by atoms with Crippen molar-refractivity contribution in [1.82, 2.24) is 4.90 Å². The van der Waals surface area contributed by atoms with Crippen molar-refractivity contribution < 1.29 is 9.59 Å². The number of unbranched alkanes of at least 4 members (excludes halogenated alkanes) is 13. The fraction of sp³-hybridized carbons (Fsp3) is 0.571. The third-order valence-electron chi connectivity index (χ3n) is 6.44. The van der Waals surface area contributed by atoms with Crippen LogP contribution in [0.5, 0.6) is 0 Å². The average Bonchev–Trinajstić information content (AvgIpc) is 3.57. The molecular weight excluding hydrogens is 540 g/mol. The van der Waals surface area contributed by atoms with Crippen LogP contribution in [0.4, 0.5) is 0 Å². The topological polar surface area (TPSA) is 37.4 Å². The molecule has 1 aliphatic heterocycles. The third-order valence-corrected chi connectivity index (χ3v) is 10.2. The molecule has 3 rings (SSSR count). The van der Waals surface area contributed by atoms with Gasteiger partial charge in [0.05, 0.1) is 0 Å². The van der Waals surface area contributed by atoms with E-state index in [9.17, 15) is 9.59 Å². The van der Waals surface area contributed by atoms with E-state index in [1.807, 2.05) is 24.3 Å². The average molecular weight is 580 g/mol. The minimum atomic E-state index is -0.0647. The molecular formula is C28H39NO2Se2. The molecule has 5 heteroatoms. The van der Waals surface area contributed by atoms with Crippen molar-refractivity contribution in [2.75, 3.05) is 6.54 Å². The molecule has 0 fully saturated rings. The van der Waals surface area contributed by atoms with E-state index in [0.29, 0.717) is 17.7 Å². The summed E-state index contributed by atoms with van der Waals surface area (Å²) in [6.45, 7) is 2.83. The molecule has 0 radical (unpaired) electrons. The molecule has 0 spiro atoms. The molecule has 0 aliphatic carbocycles. The number of rotatable bonds is 17. The second-order valence-electron chi connectivity index (χ2n) is 9.06. The number of nitrogens with zero attached hydrogens (tertiary/aromatic N) is 1. The first kappa shape index (κ1) is 26.5. The van der Waals surface area contributed by atoms with Crippen LogP contribution in [-0.4, -0.2) is 52.3 Å². The van der Waals surface area contributed by atoms with Crippen LogP contribution < -0.4 is 0 Å². The van der Waals surface area contributed by atoms with E-state index in [0.717, 1.165) is 21.7 Å². The van der Waals surface area contributed by atoms with Crippen LogP contribution in [0.25, 0.3) is 11.1 Å². The maximum absolute atomic E-state index is 13.2. The first-order chi connectivity index (χ1) is 16.2. The molecule has 0 saturated heterocycles. The van der Waals surface area contributed by atoms with Crippen molar-refractivity contribution in [3.63, 3.8) is 0 Å². The Morgan fingerprint density at radius 1 is 0.606 bits per heavy atom. The van der Waals surface area contributed by atoms with Gasteiger partial charge in [0.1, 0.15) is 0 Å². The predicted molar refractivity (Wildman–Crippen MR) is 141 cm³/mol. The Balaban J connectivity index is 1.32. The summed E-state index contributed by atoms with van der Waals surface area (Å²) >= 11 is 0.308. The number of amides is 2. The summed E-state index contributed by atoms with van der Waals surface area (Å²) in [5, 5.41) is 0. The molecule has 0 unspecified atom stereocenters. The normalized spacial score (nSPS) is 14.2. The SMILES string of the molecule is CCCCCCCCCCCCCCCCN1C(=O)C(c2ccc[se]2)=C(c2ccc[se]2)C1=O. The van der Waals surface area contributed by atoms with Crippen LogP contribution in [-0.2, 0) is 9.59 Å². The van der Waals surface area contributed by atoms with E-state index in [1.165, 1.54) is 81.9 Å². The molecule has 2 amide bonds. The molecule has 3 nitrogen and oxygen atoms in total. The summed E-state index contributed by atoms with van der Waals surface area (Å²) in [5.41, 5.74) is 1.37. The molecule has 0 N–H and O–H groups in total. The third kappa shape index (κ3) is 7.96. The minimum absolute atomic E-state index is 0.0647. The van der Waals surface area contributed by atoms with Crippen molar-refractivity contribution in [3.8, 4) is 0 Å². The molecule has 2 aromatic rings. The number of carbonyl (C=O) groups is 2. The molecule has 2 aromatic heterocycles. The van der Waals surface area contributed by atoms with Crippen molar-refractivity contribution in [2.45, 2.75) is 96.8 Å². The van der Waals surface area contributed by atoms with Gasteiger partial charge in [0.15, 0.2) is 0 Å². The van der Waals surface area contributed by atoms with Crippen LogP contribution in [0, 0.1) is 0 Å². The Kier molecular flexibility index (Phi) is 12.0. The van der Waals surface area contributed by atoms with Gasteiger partial charge in [0.2, 0.25) is 0 Å². The molecule has 1 aliphatic rings. The Labute approximate surface area is 212 Å². The fourth-order valence-electron chi connectivity index (χ4n) is 4.54. The van der Waals surface area contributed by atoms with Crippen LogP contribution in [0.15, 0.2) is 34.1 Å². The summed E-state index contributed by atoms with van der Waals surface area (Å²) in [7, 11) is 0. The Morgan fingerprint density at radius 3 is 1.36 bits per heavy atom. The van der Waals surface area contributed by atoms with Gasteiger partial charge in [0, 0.05) is 0 Å². The van der Waals surface area contributed by atoms with Gasteiger partial charge in [-0.15, -0.1) is 0 Å². The summed E-state index contributed by atoms with van der Waals surface area (Å²) in [4.78, 5) is 32.1. The Bertz CT molecular complexity index is 812. The second kappa shape index (κ2) is 15.0. The quantitative estimate of drug-likeness (QED) is 0.121. The molecule has 180 valence electrons. The maximum atomic E-state index is 13.2. The summed E-state index contributed by atoms with van der Waals surface area (Å²) in [6, 6.07) is 8.07. The van der Waals surface area contributed by atoms with E-state index in [4.69, 9.17) is 0 Å². The number of carbonyl (C=O) groups excluding carboxylic acids is 2. The van der Waals surface area contributed by atoms with E-state index in [-0.39, 0.29) is 40.8 Å². The summed E-state index contributed by atoms with van der Waals surface area (Å²) in [6.07, 6.45) is 18.3. The molecule has 0 atom stereocenters. The molecule has 3 heterocycles. The first-order valence-corrected chi connectivity index (χ1v) is 16.6. The number of hydrogen-bond donors (Lipinski definition) is 0. The molecule has 0 bridgehead atoms. The Hall–Kier alpha value is -1.12. The van der Waals surface area contributed by atoms with E-state index in [1.54, 1.807) is 0 Å². The van der Waals surface area contributed by atoms with Gasteiger partial charge >= 0.3 is 161 Å². The fourth-order valence-corrected chi connectivity index (χ4v) is 7.77. The van der Waals surface area contributed by atoms with Gasteiger partial charge in [-0.3, -0.25) is 0 Å². The van der Waals surface area contributed by atoms with Crippen LogP contribution in [0.1, 0.15) is 106 Å².